The molecule has 138 valence electrons. The van der Waals surface area contributed by atoms with Gasteiger partial charge in [0.05, 0.1) is 17.6 Å². The van der Waals surface area contributed by atoms with Gasteiger partial charge in [0, 0.05) is 24.1 Å². The van der Waals surface area contributed by atoms with Crippen molar-refractivity contribution in [1.29, 1.82) is 5.26 Å². The van der Waals surface area contributed by atoms with Gasteiger partial charge in [0.2, 0.25) is 0 Å². The number of halogens is 1. The van der Waals surface area contributed by atoms with Crippen LogP contribution in [0.5, 0.6) is 0 Å². The van der Waals surface area contributed by atoms with E-state index < -0.39 is 16.8 Å². The molecular weight excluding hydrogens is 369 g/mol. The van der Waals surface area contributed by atoms with Crippen molar-refractivity contribution in [3.8, 4) is 6.07 Å². The first-order chi connectivity index (χ1) is 13.0. The van der Waals surface area contributed by atoms with Crippen LogP contribution < -0.4 is 15.4 Å². The fourth-order valence-corrected chi connectivity index (χ4v) is 3.11. The van der Waals surface area contributed by atoms with E-state index in [1.807, 2.05) is 0 Å². The van der Waals surface area contributed by atoms with Crippen LogP contribution in [0.25, 0.3) is 5.65 Å². The maximum absolute atomic E-state index is 13.8. The minimum atomic E-state index is -1.39. The molecule has 1 aliphatic carbocycles. The Labute approximate surface area is 157 Å². The van der Waals surface area contributed by atoms with Gasteiger partial charge >= 0.3 is 0 Å². The minimum Gasteiger partial charge on any atom is -0.379 e. The predicted octanol–water partition coefficient (Wildman–Crippen LogP) is 2.76. The van der Waals surface area contributed by atoms with Crippen LogP contribution in [0.15, 0.2) is 30.5 Å². The Balaban J connectivity index is 1.71. The highest BCUT2D eigenvalue weighted by Gasteiger charge is 2.23. The molecule has 2 heterocycles. The molecule has 1 saturated carbocycles. The second-order valence-electron chi connectivity index (χ2n) is 6.23. The molecule has 0 bridgehead atoms. The third kappa shape index (κ3) is 3.68. The topological polar surface area (TPSA) is 107 Å². The van der Waals surface area contributed by atoms with Crippen molar-refractivity contribution in [3.63, 3.8) is 0 Å². The zero-order valence-electron chi connectivity index (χ0n) is 14.4. The van der Waals surface area contributed by atoms with Gasteiger partial charge in [-0.3, -0.25) is 0 Å². The van der Waals surface area contributed by atoms with Gasteiger partial charge in [0.1, 0.15) is 22.9 Å². The van der Waals surface area contributed by atoms with Crippen LogP contribution in [0.2, 0.25) is 0 Å². The normalized spacial score (nSPS) is 14.6. The number of nitriles is 1. The molecule has 1 fully saturated rings. The Morgan fingerprint density at radius 2 is 2.15 bits per heavy atom. The van der Waals surface area contributed by atoms with Crippen LogP contribution in [0.3, 0.4) is 0 Å². The van der Waals surface area contributed by atoms with Crippen molar-refractivity contribution in [3.05, 3.63) is 42.0 Å². The van der Waals surface area contributed by atoms with E-state index in [9.17, 15) is 13.9 Å². The van der Waals surface area contributed by atoms with Gasteiger partial charge in [-0.05, 0) is 31.0 Å². The third-order valence-electron chi connectivity index (χ3n) is 4.01. The van der Waals surface area contributed by atoms with Gasteiger partial charge in [-0.15, -0.1) is 5.10 Å². The Kier molecular flexibility index (Phi) is 4.37. The summed E-state index contributed by atoms with van der Waals surface area (Å²) in [6, 6.07) is 8.60. The van der Waals surface area contributed by atoms with Crippen molar-refractivity contribution in [2.45, 2.75) is 18.9 Å². The van der Waals surface area contributed by atoms with E-state index in [1.165, 1.54) is 29.1 Å². The lowest BCUT2D eigenvalue weighted by molar-refractivity contribution is 0.632. The molecule has 3 aromatic rings. The summed E-state index contributed by atoms with van der Waals surface area (Å²) in [5.74, 6) is -0.0352. The van der Waals surface area contributed by atoms with Gasteiger partial charge in [-0.1, -0.05) is 0 Å². The zero-order chi connectivity index (χ0) is 19.0. The molecule has 1 aromatic carbocycles. The fraction of sp³-hybridized carbons (Fsp3) is 0.235. The number of hydrogen-bond donors (Lipinski definition) is 3. The van der Waals surface area contributed by atoms with Crippen LogP contribution in [-0.2, 0) is 11.0 Å². The zero-order valence-corrected chi connectivity index (χ0v) is 15.2. The minimum absolute atomic E-state index is 0.124. The van der Waals surface area contributed by atoms with Crippen LogP contribution in [0.1, 0.15) is 18.5 Å². The van der Waals surface area contributed by atoms with Crippen molar-refractivity contribution in [2.75, 3.05) is 21.6 Å². The molecule has 10 heteroatoms. The number of nitrogens with zero attached hydrogens (tertiary/aromatic N) is 4. The lowest BCUT2D eigenvalue weighted by Gasteiger charge is -2.12. The molecule has 3 N–H and O–H groups in total. The molecule has 0 radical (unpaired) electrons. The van der Waals surface area contributed by atoms with Crippen molar-refractivity contribution < 1.29 is 8.60 Å². The SMILES string of the molecule is CS(=O)Nc1cc(Nc2cc(NC3CC3)c3ncc(C#N)n3n2)ccc1F. The van der Waals surface area contributed by atoms with Gasteiger partial charge in [-0.25, -0.2) is 13.6 Å². The maximum Gasteiger partial charge on any atom is 0.178 e. The Morgan fingerprint density at radius 3 is 2.85 bits per heavy atom. The number of rotatable bonds is 6. The summed E-state index contributed by atoms with van der Waals surface area (Å²) in [6.07, 6.45) is 5.07. The second kappa shape index (κ2) is 6.85. The first-order valence-corrected chi connectivity index (χ1v) is 9.81. The smallest absolute Gasteiger partial charge is 0.178 e. The number of fused-ring (bicyclic) bond motifs is 1. The molecule has 4 rings (SSSR count). The summed E-state index contributed by atoms with van der Waals surface area (Å²) in [7, 11) is -1.39. The second-order valence-corrected chi connectivity index (χ2v) is 7.34. The molecule has 27 heavy (non-hydrogen) atoms. The molecule has 8 nitrogen and oxygen atoms in total. The summed E-state index contributed by atoms with van der Waals surface area (Å²) >= 11 is 0. The number of anilines is 4. The average Bonchev–Trinajstić information content (AvgIpc) is 3.34. The van der Waals surface area contributed by atoms with Gasteiger partial charge < -0.3 is 15.4 Å². The molecular formula is C17H16FN7OS. The van der Waals surface area contributed by atoms with Gasteiger partial charge in [0.15, 0.2) is 17.2 Å². The molecule has 1 atom stereocenters. The Hall–Kier alpha value is -3.19. The van der Waals surface area contributed by atoms with Crippen molar-refractivity contribution >= 4 is 39.5 Å². The molecule has 0 spiro atoms. The number of benzene rings is 1. The van der Waals surface area contributed by atoms with E-state index in [1.54, 1.807) is 12.1 Å². The van der Waals surface area contributed by atoms with E-state index in [-0.39, 0.29) is 5.69 Å². The summed E-state index contributed by atoms with van der Waals surface area (Å²) < 4.78 is 29.2. The summed E-state index contributed by atoms with van der Waals surface area (Å²) in [5, 5.41) is 20.2. The highest BCUT2D eigenvalue weighted by atomic mass is 32.2. The van der Waals surface area contributed by atoms with Crippen LogP contribution >= 0.6 is 0 Å². The largest absolute Gasteiger partial charge is 0.379 e. The van der Waals surface area contributed by atoms with E-state index >= 15 is 0 Å². The molecule has 0 saturated heterocycles. The quantitative estimate of drug-likeness (QED) is 0.602. The lowest BCUT2D eigenvalue weighted by atomic mass is 10.2. The molecule has 1 aliphatic rings. The molecule has 0 amide bonds. The fourth-order valence-electron chi connectivity index (χ4n) is 2.64. The monoisotopic (exact) mass is 385 g/mol. The van der Waals surface area contributed by atoms with Crippen LogP contribution in [0, 0.1) is 17.1 Å². The van der Waals surface area contributed by atoms with Gasteiger partial charge in [-0.2, -0.15) is 9.78 Å². The highest BCUT2D eigenvalue weighted by Crippen LogP contribution is 2.30. The lowest BCUT2D eigenvalue weighted by Crippen LogP contribution is -2.08. The predicted molar refractivity (Wildman–Crippen MR) is 102 cm³/mol. The number of imidazole rings is 1. The maximum atomic E-state index is 13.8. The van der Waals surface area contributed by atoms with E-state index in [4.69, 9.17) is 0 Å². The Morgan fingerprint density at radius 1 is 1.33 bits per heavy atom. The molecule has 1 unspecified atom stereocenters. The average molecular weight is 385 g/mol. The summed E-state index contributed by atoms with van der Waals surface area (Å²) in [4.78, 5) is 4.27. The van der Waals surface area contributed by atoms with E-state index in [0.717, 1.165) is 18.5 Å². The van der Waals surface area contributed by atoms with E-state index in [2.05, 4.69) is 31.5 Å². The molecule has 2 aromatic heterocycles. The van der Waals surface area contributed by atoms with Crippen molar-refractivity contribution in [1.82, 2.24) is 14.6 Å². The third-order valence-corrected chi connectivity index (χ3v) is 4.52. The highest BCUT2D eigenvalue weighted by molar-refractivity contribution is 7.85. The van der Waals surface area contributed by atoms with Crippen LogP contribution in [-0.4, -0.2) is 31.1 Å². The first kappa shape index (κ1) is 17.2. The molecule has 0 aliphatic heterocycles. The summed E-state index contributed by atoms with van der Waals surface area (Å²) in [6.45, 7) is 0. The first-order valence-electron chi connectivity index (χ1n) is 8.25. The number of hydrogen-bond acceptors (Lipinski definition) is 6. The summed E-state index contributed by atoms with van der Waals surface area (Å²) in [5.41, 5.74) is 2.35. The van der Waals surface area contributed by atoms with Crippen molar-refractivity contribution in [2.24, 2.45) is 0 Å². The Bertz CT molecular complexity index is 1090. The number of aromatic nitrogens is 3. The number of nitrogens with one attached hydrogen (secondary N) is 3. The van der Waals surface area contributed by atoms with E-state index in [0.29, 0.717) is 28.9 Å². The standard InChI is InChI=1S/C17H16FN7OS/c1-27(26)24-14-6-11(4-5-13(14)18)22-16-7-15(21-10-2-3-10)17-20-9-12(8-19)25(17)23-16/h4-7,9-10,21,24H,2-3H2,1H3,(H,22,23). The van der Waals surface area contributed by atoms with Crippen LogP contribution in [0.4, 0.5) is 27.3 Å². The van der Waals surface area contributed by atoms with Gasteiger partial charge in [0.25, 0.3) is 0 Å².